The second-order valence-electron chi connectivity index (χ2n) is 6.36. The van der Waals surface area contributed by atoms with E-state index in [2.05, 4.69) is 15.9 Å². The number of ether oxygens (including phenoxy) is 1. The Balaban J connectivity index is 2.06. The summed E-state index contributed by atoms with van der Waals surface area (Å²) in [4.78, 5) is 31.6. The van der Waals surface area contributed by atoms with Crippen molar-refractivity contribution in [3.63, 3.8) is 0 Å². The number of halogens is 1. The first-order valence-electron chi connectivity index (χ1n) is 8.81. The maximum Gasteiger partial charge on any atom is 0.266 e. The Labute approximate surface area is 173 Å². The fourth-order valence-corrected chi connectivity index (χ4v) is 4.65. The Morgan fingerprint density at radius 3 is 2.75 bits per heavy atom. The maximum atomic E-state index is 13.3. The number of methoxy groups -OCH3 is 1. The summed E-state index contributed by atoms with van der Waals surface area (Å²) in [6.45, 7) is 0.946. The van der Waals surface area contributed by atoms with E-state index in [1.807, 2.05) is 42.5 Å². The summed E-state index contributed by atoms with van der Waals surface area (Å²) in [5.74, 6) is 0.556. The molecule has 0 bridgehead atoms. The van der Waals surface area contributed by atoms with Crippen LogP contribution in [0.4, 0.5) is 0 Å². The summed E-state index contributed by atoms with van der Waals surface area (Å²) in [6, 6.07) is 15.0. The van der Waals surface area contributed by atoms with Gasteiger partial charge in [-0.2, -0.15) is 0 Å². The number of benzene rings is 2. The number of fused-ring (bicyclic) bond motifs is 2. The molecule has 142 valence electrons. The zero-order valence-electron chi connectivity index (χ0n) is 15.1. The van der Waals surface area contributed by atoms with E-state index >= 15 is 0 Å². The third kappa shape index (κ3) is 3.41. The lowest BCUT2D eigenvalue weighted by Gasteiger charge is -2.14. The molecule has 0 amide bonds. The molecule has 0 radical (unpaired) electrons. The molecule has 0 unspecified atom stereocenters. The Kier molecular flexibility index (Phi) is 5.39. The molecule has 7 heteroatoms. The van der Waals surface area contributed by atoms with Gasteiger partial charge in [0.15, 0.2) is 0 Å². The van der Waals surface area contributed by atoms with E-state index < -0.39 is 0 Å². The van der Waals surface area contributed by atoms with Crippen LogP contribution in [0.1, 0.15) is 6.42 Å². The molecule has 0 saturated heterocycles. The summed E-state index contributed by atoms with van der Waals surface area (Å²) in [6.07, 6.45) is 0.649. The van der Waals surface area contributed by atoms with Crippen molar-refractivity contribution in [3.05, 3.63) is 73.6 Å². The number of hydrogen-bond acceptors (Lipinski definition) is 5. The predicted molar refractivity (Wildman–Crippen MR) is 117 cm³/mol. The van der Waals surface area contributed by atoms with Crippen molar-refractivity contribution in [2.24, 2.45) is 0 Å². The fourth-order valence-electron chi connectivity index (χ4n) is 3.21. The van der Waals surface area contributed by atoms with E-state index in [-0.39, 0.29) is 16.4 Å². The topological polar surface area (TPSA) is 61.2 Å². The van der Waals surface area contributed by atoms with Crippen molar-refractivity contribution >= 4 is 47.6 Å². The average molecular weight is 457 g/mol. The van der Waals surface area contributed by atoms with Gasteiger partial charge in [0.2, 0.25) is 5.43 Å². The molecule has 2 aromatic heterocycles. The van der Waals surface area contributed by atoms with Crippen LogP contribution in [0.15, 0.2) is 62.6 Å². The van der Waals surface area contributed by atoms with Gasteiger partial charge in [0.25, 0.3) is 5.56 Å². The monoisotopic (exact) mass is 456 g/mol. The number of hydrogen-bond donors (Lipinski definition) is 0. The second kappa shape index (κ2) is 7.95. The zero-order valence-corrected chi connectivity index (χ0v) is 17.5. The minimum atomic E-state index is -0.303. The zero-order chi connectivity index (χ0) is 19.7. The molecule has 0 aliphatic heterocycles. The van der Waals surface area contributed by atoms with Crippen LogP contribution in [-0.2, 0) is 11.3 Å². The lowest BCUT2D eigenvalue weighted by molar-refractivity contribution is 0.190. The first kappa shape index (κ1) is 19.0. The predicted octanol–water partition coefficient (Wildman–Crippen LogP) is 4.44. The Bertz CT molecular complexity index is 1300. The standard InChI is InChI=1S/C21H17BrN2O3S/c1-27-11-5-10-24-19(13-6-4-7-14(22)12-13)23-20-17(21(24)26)18(25)15-8-2-3-9-16(15)28-20/h2-4,6-9,12H,5,10-11H2,1H3. The van der Waals surface area contributed by atoms with Crippen molar-refractivity contribution in [2.75, 3.05) is 13.7 Å². The lowest BCUT2D eigenvalue weighted by Crippen LogP contribution is -2.27. The van der Waals surface area contributed by atoms with Crippen molar-refractivity contribution in [2.45, 2.75) is 13.0 Å². The first-order chi connectivity index (χ1) is 13.6. The normalized spacial score (nSPS) is 11.4. The van der Waals surface area contributed by atoms with Gasteiger partial charge in [0, 0.05) is 40.4 Å². The van der Waals surface area contributed by atoms with Crippen LogP contribution in [-0.4, -0.2) is 23.3 Å². The molecular weight excluding hydrogens is 440 g/mol. The van der Waals surface area contributed by atoms with Crippen LogP contribution in [0, 0.1) is 0 Å². The summed E-state index contributed by atoms with van der Waals surface area (Å²) < 4.78 is 8.44. The molecular formula is C21H17BrN2O3S. The molecule has 28 heavy (non-hydrogen) atoms. The van der Waals surface area contributed by atoms with E-state index in [9.17, 15) is 9.59 Å². The van der Waals surface area contributed by atoms with Gasteiger partial charge in [0.1, 0.15) is 16.0 Å². The van der Waals surface area contributed by atoms with Crippen LogP contribution in [0.3, 0.4) is 0 Å². The van der Waals surface area contributed by atoms with E-state index in [1.54, 1.807) is 17.7 Å². The van der Waals surface area contributed by atoms with Gasteiger partial charge in [-0.1, -0.05) is 40.2 Å². The smallest absolute Gasteiger partial charge is 0.266 e. The van der Waals surface area contributed by atoms with E-state index in [0.29, 0.717) is 35.6 Å². The average Bonchev–Trinajstić information content (AvgIpc) is 2.69. The van der Waals surface area contributed by atoms with Crippen LogP contribution in [0.5, 0.6) is 0 Å². The highest BCUT2D eigenvalue weighted by Crippen LogP contribution is 2.26. The van der Waals surface area contributed by atoms with Crippen LogP contribution in [0.25, 0.3) is 31.7 Å². The van der Waals surface area contributed by atoms with Gasteiger partial charge >= 0.3 is 0 Å². The van der Waals surface area contributed by atoms with E-state index in [4.69, 9.17) is 9.72 Å². The molecule has 0 N–H and O–H groups in total. The lowest BCUT2D eigenvalue weighted by atomic mass is 10.2. The number of nitrogens with zero attached hydrogens (tertiary/aromatic N) is 2. The molecule has 0 aliphatic carbocycles. The molecule has 0 fully saturated rings. The van der Waals surface area contributed by atoms with Crippen molar-refractivity contribution in [1.29, 1.82) is 0 Å². The van der Waals surface area contributed by atoms with Gasteiger partial charge in [-0.3, -0.25) is 14.2 Å². The summed E-state index contributed by atoms with van der Waals surface area (Å²) >= 11 is 4.85. The van der Waals surface area contributed by atoms with Gasteiger partial charge in [-0.15, -0.1) is 11.3 Å². The number of aromatic nitrogens is 2. The molecule has 0 saturated carbocycles. The van der Waals surface area contributed by atoms with Crippen molar-refractivity contribution in [3.8, 4) is 11.4 Å². The highest BCUT2D eigenvalue weighted by Gasteiger charge is 2.17. The quantitative estimate of drug-likeness (QED) is 0.329. The van der Waals surface area contributed by atoms with Gasteiger partial charge < -0.3 is 4.74 Å². The second-order valence-corrected chi connectivity index (χ2v) is 8.30. The van der Waals surface area contributed by atoms with E-state index in [0.717, 1.165) is 14.7 Å². The molecule has 4 rings (SSSR count). The molecule has 0 spiro atoms. The molecule has 4 aromatic rings. The highest BCUT2D eigenvalue weighted by atomic mass is 79.9. The maximum absolute atomic E-state index is 13.3. The van der Waals surface area contributed by atoms with Gasteiger partial charge in [-0.05, 0) is 30.7 Å². The third-order valence-electron chi connectivity index (χ3n) is 4.51. The van der Waals surface area contributed by atoms with Crippen LogP contribution < -0.4 is 11.0 Å². The van der Waals surface area contributed by atoms with E-state index in [1.165, 1.54) is 11.3 Å². The van der Waals surface area contributed by atoms with Crippen molar-refractivity contribution in [1.82, 2.24) is 9.55 Å². The molecule has 5 nitrogen and oxygen atoms in total. The fraction of sp³-hybridized carbons (Fsp3) is 0.190. The first-order valence-corrected chi connectivity index (χ1v) is 10.4. The highest BCUT2D eigenvalue weighted by molar-refractivity contribution is 9.10. The summed E-state index contributed by atoms with van der Waals surface area (Å²) in [5, 5.41) is 0.706. The Morgan fingerprint density at radius 2 is 1.96 bits per heavy atom. The van der Waals surface area contributed by atoms with Crippen molar-refractivity contribution < 1.29 is 4.74 Å². The minimum absolute atomic E-state index is 0.153. The summed E-state index contributed by atoms with van der Waals surface area (Å²) in [5.41, 5.74) is 0.254. The minimum Gasteiger partial charge on any atom is -0.385 e. The molecule has 2 aromatic carbocycles. The SMILES string of the molecule is COCCCn1c(-c2cccc(Br)c2)nc2sc3ccccc3c(=O)c2c1=O. The number of rotatable bonds is 5. The largest absolute Gasteiger partial charge is 0.385 e. The Morgan fingerprint density at radius 1 is 1.14 bits per heavy atom. The molecule has 2 heterocycles. The van der Waals surface area contributed by atoms with Gasteiger partial charge in [0.05, 0.1) is 0 Å². The van der Waals surface area contributed by atoms with Gasteiger partial charge in [-0.25, -0.2) is 4.98 Å². The van der Waals surface area contributed by atoms with Crippen LogP contribution in [0.2, 0.25) is 0 Å². The molecule has 0 aliphatic rings. The molecule has 0 atom stereocenters. The summed E-state index contributed by atoms with van der Waals surface area (Å²) in [7, 11) is 1.63. The third-order valence-corrected chi connectivity index (χ3v) is 6.07. The Hall–Kier alpha value is -2.35. The van der Waals surface area contributed by atoms with Crippen LogP contribution >= 0.6 is 27.3 Å².